The van der Waals surface area contributed by atoms with Crippen LogP contribution < -0.4 is 5.32 Å². The molecule has 1 aliphatic heterocycles. The summed E-state index contributed by atoms with van der Waals surface area (Å²) in [5.41, 5.74) is -0.561. The van der Waals surface area contributed by atoms with Crippen molar-refractivity contribution < 1.29 is 13.2 Å². The van der Waals surface area contributed by atoms with Gasteiger partial charge in [-0.05, 0) is 30.7 Å². The molecule has 0 saturated carbocycles. The monoisotopic (exact) mass is 303 g/mol. The lowest BCUT2D eigenvalue weighted by molar-refractivity contribution is 0.195. The van der Waals surface area contributed by atoms with Gasteiger partial charge in [0, 0.05) is 13.7 Å². The lowest BCUT2D eigenvalue weighted by atomic mass is 10.0. The van der Waals surface area contributed by atoms with E-state index in [0.29, 0.717) is 25.4 Å². The molecule has 114 valence electrons. The number of hydrogen-bond donors (Lipinski definition) is 1. The largest absolute Gasteiger partial charge is 0.383 e. The molecular weight excluding hydrogens is 282 g/mol. The summed E-state index contributed by atoms with van der Waals surface area (Å²) in [7, 11) is -1.36. The Morgan fingerprint density at radius 2 is 2.30 bits per heavy atom. The highest BCUT2D eigenvalue weighted by Crippen LogP contribution is 2.31. The first-order chi connectivity index (χ1) is 9.38. The number of methoxy groups -OCH3 is 1. The number of nitrogens with zero attached hydrogens (tertiary/aromatic N) is 4. The predicted molar refractivity (Wildman–Crippen MR) is 73.0 cm³/mol. The molecule has 0 spiro atoms. The maximum atomic E-state index is 11.7. The summed E-state index contributed by atoms with van der Waals surface area (Å²) in [6, 6.07) is -0.0692. The molecule has 1 aliphatic rings. The maximum absolute atomic E-state index is 11.7. The Morgan fingerprint density at radius 3 is 2.90 bits per heavy atom. The van der Waals surface area contributed by atoms with E-state index in [9.17, 15) is 8.42 Å². The third-order valence-electron chi connectivity index (χ3n) is 3.63. The quantitative estimate of drug-likeness (QED) is 0.707. The minimum atomic E-state index is -3.00. The second kappa shape index (κ2) is 5.74. The summed E-state index contributed by atoms with van der Waals surface area (Å²) < 4.78 is 30.1. The predicted octanol–water partition coefficient (Wildman–Crippen LogP) is -0.496. The van der Waals surface area contributed by atoms with Crippen LogP contribution in [0.25, 0.3) is 0 Å². The fourth-order valence-electron chi connectivity index (χ4n) is 2.48. The molecule has 9 heteroatoms. The Balaban J connectivity index is 2.16. The van der Waals surface area contributed by atoms with Crippen LogP contribution in [0.2, 0.25) is 0 Å². The highest BCUT2D eigenvalue weighted by molar-refractivity contribution is 7.91. The van der Waals surface area contributed by atoms with Crippen LogP contribution in [0, 0.1) is 0 Å². The fourth-order valence-corrected chi connectivity index (χ4v) is 4.59. The fraction of sp³-hybridized carbons (Fsp3) is 0.909. The molecule has 2 heterocycles. The zero-order chi connectivity index (χ0) is 14.8. The topological polar surface area (TPSA) is 99.0 Å². The number of nitrogens with one attached hydrogen (secondary N) is 1. The lowest BCUT2D eigenvalue weighted by Crippen LogP contribution is -2.36. The van der Waals surface area contributed by atoms with Crippen molar-refractivity contribution >= 4 is 9.84 Å². The normalized spacial score (nSPS) is 26.8. The van der Waals surface area contributed by atoms with E-state index >= 15 is 0 Å². The van der Waals surface area contributed by atoms with E-state index in [1.165, 1.54) is 0 Å². The van der Waals surface area contributed by atoms with Crippen LogP contribution in [0.4, 0.5) is 0 Å². The minimum absolute atomic E-state index is 0.0692. The third kappa shape index (κ3) is 3.15. The Bertz CT molecular complexity index is 558. The van der Waals surface area contributed by atoms with Crippen molar-refractivity contribution in [1.82, 2.24) is 25.5 Å². The molecule has 20 heavy (non-hydrogen) atoms. The van der Waals surface area contributed by atoms with Crippen molar-refractivity contribution in [2.24, 2.45) is 0 Å². The Hall–Kier alpha value is -1.06. The van der Waals surface area contributed by atoms with E-state index in [0.717, 1.165) is 0 Å². The molecule has 0 bridgehead atoms. The van der Waals surface area contributed by atoms with Gasteiger partial charge >= 0.3 is 0 Å². The molecule has 1 aromatic rings. The molecule has 2 rings (SSSR count). The van der Waals surface area contributed by atoms with E-state index in [1.807, 2.05) is 13.8 Å². The molecule has 1 fully saturated rings. The van der Waals surface area contributed by atoms with Crippen LogP contribution in [-0.2, 0) is 20.1 Å². The van der Waals surface area contributed by atoms with Gasteiger partial charge in [0.05, 0.1) is 29.7 Å². The van der Waals surface area contributed by atoms with Gasteiger partial charge in [-0.1, -0.05) is 0 Å². The van der Waals surface area contributed by atoms with Gasteiger partial charge in [-0.25, -0.2) is 13.1 Å². The van der Waals surface area contributed by atoms with Crippen LogP contribution in [0.1, 0.15) is 32.1 Å². The van der Waals surface area contributed by atoms with Crippen molar-refractivity contribution in [2.45, 2.75) is 31.8 Å². The average Bonchev–Trinajstić information content (AvgIpc) is 2.95. The maximum Gasteiger partial charge on any atom is 0.168 e. The van der Waals surface area contributed by atoms with Crippen LogP contribution in [0.3, 0.4) is 0 Å². The van der Waals surface area contributed by atoms with E-state index in [1.54, 1.807) is 11.8 Å². The molecule has 1 aromatic heterocycles. The highest BCUT2D eigenvalue weighted by atomic mass is 32.2. The van der Waals surface area contributed by atoms with Gasteiger partial charge in [0.25, 0.3) is 0 Å². The van der Waals surface area contributed by atoms with Crippen LogP contribution in [0.15, 0.2) is 0 Å². The van der Waals surface area contributed by atoms with Crippen molar-refractivity contribution in [3.8, 4) is 0 Å². The summed E-state index contributed by atoms with van der Waals surface area (Å²) in [6.07, 6.45) is 0.540. The molecule has 2 atom stereocenters. The SMILES string of the molecule is COCCNC(C)c1nnnn1C1(C)CCS(=O)(=O)C1. The summed E-state index contributed by atoms with van der Waals surface area (Å²) in [5.74, 6) is 0.928. The van der Waals surface area contributed by atoms with Gasteiger partial charge < -0.3 is 10.1 Å². The summed E-state index contributed by atoms with van der Waals surface area (Å²) in [5, 5.41) is 15.0. The van der Waals surface area contributed by atoms with Gasteiger partial charge in [-0.2, -0.15) is 0 Å². The second-order valence-electron chi connectivity index (χ2n) is 5.46. The van der Waals surface area contributed by atoms with E-state index in [2.05, 4.69) is 20.8 Å². The summed E-state index contributed by atoms with van der Waals surface area (Å²) in [6.45, 7) is 5.11. The minimum Gasteiger partial charge on any atom is -0.383 e. The molecular formula is C11H21N5O3S. The summed E-state index contributed by atoms with van der Waals surface area (Å²) in [4.78, 5) is 0. The van der Waals surface area contributed by atoms with Crippen molar-refractivity contribution in [1.29, 1.82) is 0 Å². The first kappa shape index (κ1) is 15.3. The van der Waals surface area contributed by atoms with Crippen LogP contribution in [0.5, 0.6) is 0 Å². The molecule has 1 saturated heterocycles. The van der Waals surface area contributed by atoms with Gasteiger partial charge in [0.15, 0.2) is 15.7 Å². The smallest absolute Gasteiger partial charge is 0.168 e. The van der Waals surface area contributed by atoms with E-state index < -0.39 is 15.4 Å². The van der Waals surface area contributed by atoms with Crippen molar-refractivity contribution in [2.75, 3.05) is 31.8 Å². The zero-order valence-corrected chi connectivity index (χ0v) is 12.9. The standard InChI is InChI=1S/C11H21N5O3S/c1-9(12-5-6-19-3)10-13-14-15-16(10)11(2)4-7-20(17,18)8-11/h9,12H,4-8H2,1-3H3. The third-order valence-corrected chi connectivity index (χ3v) is 5.52. The number of aromatic nitrogens is 4. The molecule has 2 unspecified atom stereocenters. The van der Waals surface area contributed by atoms with Crippen molar-refractivity contribution in [3.63, 3.8) is 0 Å². The summed E-state index contributed by atoms with van der Waals surface area (Å²) >= 11 is 0. The van der Waals surface area contributed by atoms with Crippen molar-refractivity contribution in [3.05, 3.63) is 5.82 Å². The van der Waals surface area contributed by atoms with Gasteiger partial charge in [0.1, 0.15) is 0 Å². The Kier molecular flexibility index (Phi) is 4.40. The van der Waals surface area contributed by atoms with Gasteiger partial charge in [-0.3, -0.25) is 0 Å². The first-order valence-corrected chi connectivity index (χ1v) is 8.42. The number of tetrazole rings is 1. The Morgan fingerprint density at radius 1 is 1.55 bits per heavy atom. The molecule has 0 aromatic carbocycles. The highest BCUT2D eigenvalue weighted by Gasteiger charge is 2.42. The molecule has 1 N–H and O–H groups in total. The lowest BCUT2D eigenvalue weighted by Gasteiger charge is -2.25. The first-order valence-electron chi connectivity index (χ1n) is 6.59. The number of ether oxygens (including phenoxy) is 1. The molecule has 8 nitrogen and oxygen atoms in total. The number of sulfone groups is 1. The number of hydrogen-bond acceptors (Lipinski definition) is 7. The molecule has 0 radical (unpaired) electrons. The van der Waals surface area contributed by atoms with Gasteiger partial charge in [0.2, 0.25) is 0 Å². The second-order valence-corrected chi connectivity index (χ2v) is 7.64. The van der Waals surface area contributed by atoms with Gasteiger partial charge in [-0.15, -0.1) is 5.10 Å². The average molecular weight is 303 g/mol. The van der Waals surface area contributed by atoms with E-state index in [4.69, 9.17) is 4.74 Å². The zero-order valence-electron chi connectivity index (χ0n) is 12.0. The molecule has 0 aliphatic carbocycles. The Labute approximate surface area is 118 Å². The molecule has 0 amide bonds. The van der Waals surface area contributed by atoms with E-state index in [-0.39, 0.29) is 17.5 Å². The van der Waals surface area contributed by atoms with Crippen LogP contribution >= 0.6 is 0 Å². The number of rotatable bonds is 6. The van der Waals surface area contributed by atoms with Crippen LogP contribution in [-0.4, -0.2) is 60.4 Å².